The van der Waals surface area contributed by atoms with Gasteiger partial charge in [0.1, 0.15) is 0 Å². The van der Waals surface area contributed by atoms with Gasteiger partial charge in [-0.1, -0.05) is 29.5 Å². The SMILES string of the molecule is C=CCCC(=O)NCC1CCN(c2nc3ccccc3s2)CC1. The van der Waals surface area contributed by atoms with Crippen molar-refractivity contribution >= 4 is 32.6 Å². The molecule has 122 valence electrons. The molecule has 23 heavy (non-hydrogen) atoms. The number of amides is 1. The number of para-hydroxylation sites is 1. The number of anilines is 1. The zero-order valence-electron chi connectivity index (χ0n) is 13.3. The van der Waals surface area contributed by atoms with Crippen LogP contribution in [0.15, 0.2) is 36.9 Å². The molecule has 1 aliphatic rings. The lowest BCUT2D eigenvalue weighted by atomic mass is 9.97. The highest BCUT2D eigenvalue weighted by molar-refractivity contribution is 7.22. The number of carbonyl (C=O) groups is 1. The average molecular weight is 329 g/mol. The minimum Gasteiger partial charge on any atom is -0.356 e. The summed E-state index contributed by atoms with van der Waals surface area (Å²) in [5, 5.41) is 4.17. The monoisotopic (exact) mass is 329 g/mol. The highest BCUT2D eigenvalue weighted by atomic mass is 32.1. The predicted molar refractivity (Wildman–Crippen MR) is 97.0 cm³/mol. The Kier molecular flexibility index (Phi) is 5.28. The smallest absolute Gasteiger partial charge is 0.220 e. The number of piperidine rings is 1. The van der Waals surface area contributed by atoms with Crippen molar-refractivity contribution in [1.29, 1.82) is 0 Å². The summed E-state index contributed by atoms with van der Waals surface area (Å²) in [7, 11) is 0. The maximum atomic E-state index is 11.7. The Morgan fingerprint density at radius 2 is 2.17 bits per heavy atom. The predicted octanol–water partition coefficient (Wildman–Crippen LogP) is 3.60. The third-order valence-corrected chi connectivity index (χ3v) is 5.43. The number of allylic oxidation sites excluding steroid dienone is 1. The van der Waals surface area contributed by atoms with Crippen LogP contribution in [-0.2, 0) is 4.79 Å². The number of rotatable bonds is 6. The fraction of sp³-hybridized carbons (Fsp3) is 0.444. The molecule has 1 N–H and O–H groups in total. The lowest BCUT2D eigenvalue weighted by Crippen LogP contribution is -2.38. The van der Waals surface area contributed by atoms with Crippen molar-refractivity contribution in [2.45, 2.75) is 25.7 Å². The van der Waals surface area contributed by atoms with Crippen LogP contribution < -0.4 is 10.2 Å². The largest absolute Gasteiger partial charge is 0.356 e. The summed E-state index contributed by atoms with van der Waals surface area (Å²) in [5.41, 5.74) is 1.09. The molecule has 5 heteroatoms. The zero-order chi connectivity index (χ0) is 16.1. The molecular formula is C18H23N3OS. The number of fused-ring (bicyclic) bond motifs is 1. The second-order valence-corrected chi connectivity index (χ2v) is 7.04. The molecule has 1 amide bonds. The van der Waals surface area contributed by atoms with Crippen LogP contribution in [0.3, 0.4) is 0 Å². The van der Waals surface area contributed by atoms with Crippen molar-refractivity contribution in [3.05, 3.63) is 36.9 Å². The normalized spacial score (nSPS) is 15.7. The fourth-order valence-corrected chi connectivity index (χ4v) is 3.92. The first-order valence-corrected chi connectivity index (χ1v) is 9.06. The number of nitrogens with one attached hydrogen (secondary N) is 1. The molecule has 2 heterocycles. The molecule has 2 aromatic rings. The van der Waals surface area contributed by atoms with Crippen molar-refractivity contribution in [2.75, 3.05) is 24.5 Å². The first-order valence-electron chi connectivity index (χ1n) is 8.24. The van der Waals surface area contributed by atoms with Gasteiger partial charge in [-0.2, -0.15) is 0 Å². The van der Waals surface area contributed by atoms with Crippen molar-refractivity contribution in [3.8, 4) is 0 Å². The molecule has 0 bridgehead atoms. The summed E-state index contributed by atoms with van der Waals surface area (Å²) in [5.74, 6) is 0.715. The van der Waals surface area contributed by atoms with Gasteiger partial charge in [-0.05, 0) is 37.3 Å². The molecule has 0 aliphatic carbocycles. The summed E-state index contributed by atoms with van der Waals surface area (Å²) in [6.45, 7) is 6.48. The van der Waals surface area contributed by atoms with Gasteiger partial charge >= 0.3 is 0 Å². The van der Waals surface area contributed by atoms with Crippen molar-refractivity contribution < 1.29 is 4.79 Å². The Morgan fingerprint density at radius 1 is 1.39 bits per heavy atom. The summed E-state index contributed by atoms with van der Waals surface area (Å²) in [6.07, 6.45) is 5.31. The minimum absolute atomic E-state index is 0.138. The Bertz CT molecular complexity index is 641. The minimum atomic E-state index is 0.138. The first-order chi connectivity index (χ1) is 11.3. The number of hydrogen-bond acceptors (Lipinski definition) is 4. The molecule has 0 unspecified atom stereocenters. The molecule has 1 saturated heterocycles. The number of thiazole rings is 1. The van der Waals surface area contributed by atoms with E-state index in [1.807, 2.05) is 6.07 Å². The molecule has 4 nitrogen and oxygen atoms in total. The molecule has 1 aromatic carbocycles. The Morgan fingerprint density at radius 3 is 2.91 bits per heavy atom. The third kappa shape index (κ3) is 4.10. The van der Waals surface area contributed by atoms with Gasteiger partial charge in [-0.3, -0.25) is 4.79 Å². The van der Waals surface area contributed by atoms with Crippen LogP contribution in [0.1, 0.15) is 25.7 Å². The van der Waals surface area contributed by atoms with Crippen LogP contribution in [0.25, 0.3) is 10.2 Å². The number of carbonyl (C=O) groups excluding carboxylic acids is 1. The van der Waals surface area contributed by atoms with E-state index in [0.29, 0.717) is 12.3 Å². The van der Waals surface area contributed by atoms with Crippen LogP contribution >= 0.6 is 11.3 Å². The quantitative estimate of drug-likeness (QED) is 0.824. The van der Waals surface area contributed by atoms with Gasteiger partial charge in [0, 0.05) is 26.1 Å². The van der Waals surface area contributed by atoms with Crippen LogP contribution in [0.2, 0.25) is 0 Å². The van der Waals surface area contributed by atoms with Gasteiger partial charge in [0.05, 0.1) is 10.2 Å². The van der Waals surface area contributed by atoms with E-state index in [2.05, 4.69) is 35.0 Å². The van der Waals surface area contributed by atoms with Crippen molar-refractivity contribution in [1.82, 2.24) is 10.3 Å². The van der Waals surface area contributed by atoms with E-state index in [-0.39, 0.29) is 5.91 Å². The highest BCUT2D eigenvalue weighted by Gasteiger charge is 2.21. The number of aromatic nitrogens is 1. The second kappa shape index (κ2) is 7.59. The average Bonchev–Trinajstić information content (AvgIpc) is 3.02. The van der Waals surface area contributed by atoms with Gasteiger partial charge in [-0.25, -0.2) is 4.98 Å². The van der Waals surface area contributed by atoms with Crippen LogP contribution in [-0.4, -0.2) is 30.5 Å². The van der Waals surface area contributed by atoms with Crippen LogP contribution in [0.5, 0.6) is 0 Å². The van der Waals surface area contributed by atoms with E-state index in [1.54, 1.807) is 17.4 Å². The van der Waals surface area contributed by atoms with E-state index in [4.69, 9.17) is 4.98 Å². The van der Waals surface area contributed by atoms with E-state index in [0.717, 1.165) is 49.5 Å². The van der Waals surface area contributed by atoms with E-state index in [9.17, 15) is 4.79 Å². The topological polar surface area (TPSA) is 45.2 Å². The maximum absolute atomic E-state index is 11.7. The first kappa shape index (κ1) is 16.0. The van der Waals surface area contributed by atoms with Crippen molar-refractivity contribution in [3.63, 3.8) is 0 Å². The maximum Gasteiger partial charge on any atom is 0.220 e. The van der Waals surface area contributed by atoms with E-state index < -0.39 is 0 Å². The summed E-state index contributed by atoms with van der Waals surface area (Å²) in [4.78, 5) is 18.8. The van der Waals surface area contributed by atoms with Crippen molar-refractivity contribution in [2.24, 2.45) is 5.92 Å². The molecule has 1 aliphatic heterocycles. The van der Waals surface area contributed by atoms with Crippen LogP contribution in [0, 0.1) is 5.92 Å². The standard InChI is InChI=1S/C18H23N3OS/c1-2-3-8-17(22)19-13-14-9-11-21(12-10-14)18-20-15-6-4-5-7-16(15)23-18/h2,4-7,14H,1,3,8-13H2,(H,19,22). The lowest BCUT2D eigenvalue weighted by molar-refractivity contribution is -0.121. The molecule has 0 spiro atoms. The third-order valence-electron chi connectivity index (χ3n) is 4.33. The van der Waals surface area contributed by atoms with Gasteiger partial charge < -0.3 is 10.2 Å². The molecule has 1 fully saturated rings. The second-order valence-electron chi connectivity index (χ2n) is 6.03. The summed E-state index contributed by atoms with van der Waals surface area (Å²) < 4.78 is 1.25. The molecule has 0 atom stereocenters. The van der Waals surface area contributed by atoms with E-state index >= 15 is 0 Å². The number of nitrogens with zero attached hydrogens (tertiary/aromatic N) is 2. The number of benzene rings is 1. The lowest BCUT2D eigenvalue weighted by Gasteiger charge is -2.31. The highest BCUT2D eigenvalue weighted by Crippen LogP contribution is 2.31. The molecule has 1 aromatic heterocycles. The van der Waals surface area contributed by atoms with Gasteiger partial charge in [0.15, 0.2) is 5.13 Å². The van der Waals surface area contributed by atoms with E-state index in [1.165, 1.54) is 4.70 Å². The van der Waals surface area contributed by atoms with Crippen LogP contribution in [0.4, 0.5) is 5.13 Å². The molecular weight excluding hydrogens is 306 g/mol. The fourth-order valence-electron chi connectivity index (χ4n) is 2.90. The van der Waals surface area contributed by atoms with Gasteiger partial charge in [0.25, 0.3) is 0 Å². The zero-order valence-corrected chi connectivity index (χ0v) is 14.1. The molecule has 0 saturated carbocycles. The Balaban J connectivity index is 1.48. The Labute approximate surface area is 141 Å². The van der Waals surface area contributed by atoms with Gasteiger partial charge in [-0.15, -0.1) is 6.58 Å². The molecule has 0 radical (unpaired) electrons. The Hall–Kier alpha value is -1.88. The van der Waals surface area contributed by atoms with Gasteiger partial charge in [0.2, 0.25) is 5.91 Å². The number of hydrogen-bond donors (Lipinski definition) is 1. The molecule has 3 rings (SSSR count). The summed E-state index contributed by atoms with van der Waals surface area (Å²) >= 11 is 1.77. The summed E-state index contributed by atoms with van der Waals surface area (Å²) in [6, 6.07) is 8.29.